The first kappa shape index (κ1) is 20.1. The number of piperidine rings is 1. The number of nitrogens with zero attached hydrogens (tertiary/aromatic N) is 3. The highest BCUT2D eigenvalue weighted by Gasteiger charge is 2.28. The van der Waals surface area contributed by atoms with Gasteiger partial charge in [-0.15, -0.1) is 0 Å². The maximum Gasteiger partial charge on any atom is 0.251 e. The molecule has 0 amide bonds. The van der Waals surface area contributed by atoms with E-state index in [0.717, 1.165) is 54.1 Å². The maximum absolute atomic E-state index is 12.4. The molecule has 2 aromatic heterocycles. The van der Waals surface area contributed by atoms with Crippen LogP contribution in [0.15, 0.2) is 53.6 Å². The summed E-state index contributed by atoms with van der Waals surface area (Å²) in [6, 6.07) is 11.2. The quantitative estimate of drug-likeness (QED) is 0.674. The second-order valence-electron chi connectivity index (χ2n) is 7.38. The average Bonchev–Trinajstić information content (AvgIpc) is 2.79. The summed E-state index contributed by atoms with van der Waals surface area (Å²) in [5.41, 5.74) is 2.43. The molecule has 7 nitrogen and oxygen atoms in total. The predicted octanol–water partition coefficient (Wildman–Crippen LogP) is 3.58. The molecule has 1 aliphatic rings. The van der Waals surface area contributed by atoms with Gasteiger partial charge < -0.3 is 14.5 Å². The lowest BCUT2D eigenvalue weighted by molar-refractivity contribution is 0.134. The molecule has 1 atom stereocenters. The van der Waals surface area contributed by atoms with Gasteiger partial charge in [-0.1, -0.05) is 12.5 Å². The summed E-state index contributed by atoms with van der Waals surface area (Å²) in [5.74, 6) is 2.15. The van der Waals surface area contributed by atoms with Crippen molar-refractivity contribution in [1.29, 1.82) is 0 Å². The zero-order valence-electron chi connectivity index (χ0n) is 17.3. The summed E-state index contributed by atoms with van der Waals surface area (Å²) >= 11 is 0. The van der Waals surface area contributed by atoms with E-state index in [0.29, 0.717) is 12.4 Å². The standard InChI is InChI=1S/C23H26N4O3/c1-29-20-9-5-10-21(30-2)17(20)15-27-12-4-3-8-19(27)18-13-22(28)26-23(25-18)16-7-6-11-24-14-16/h5-7,9-11,13-14,19H,3-4,8,12,15H2,1-2H3,(H,25,26,28)/t19-/m1/s1. The Hall–Kier alpha value is -3.19. The Labute approximate surface area is 175 Å². The van der Waals surface area contributed by atoms with Crippen molar-refractivity contribution in [1.82, 2.24) is 19.9 Å². The number of hydrogen-bond acceptors (Lipinski definition) is 6. The van der Waals surface area contributed by atoms with Gasteiger partial charge in [0.05, 0.1) is 31.5 Å². The Morgan fingerprint density at radius 2 is 1.93 bits per heavy atom. The molecule has 0 saturated carbocycles. The van der Waals surface area contributed by atoms with Crippen molar-refractivity contribution < 1.29 is 9.47 Å². The molecular formula is C23H26N4O3. The van der Waals surface area contributed by atoms with Crippen LogP contribution in [0.5, 0.6) is 11.5 Å². The van der Waals surface area contributed by atoms with Crippen LogP contribution in [-0.4, -0.2) is 40.6 Å². The van der Waals surface area contributed by atoms with Gasteiger partial charge in [0.15, 0.2) is 0 Å². The average molecular weight is 406 g/mol. The van der Waals surface area contributed by atoms with Gasteiger partial charge in [-0.25, -0.2) is 4.98 Å². The number of likely N-dealkylation sites (tertiary alicyclic amines) is 1. The van der Waals surface area contributed by atoms with E-state index in [2.05, 4.69) is 14.9 Å². The van der Waals surface area contributed by atoms with Crippen molar-refractivity contribution in [2.45, 2.75) is 31.8 Å². The topological polar surface area (TPSA) is 80.3 Å². The van der Waals surface area contributed by atoms with Crippen LogP contribution < -0.4 is 15.0 Å². The highest BCUT2D eigenvalue weighted by atomic mass is 16.5. The number of benzene rings is 1. The van der Waals surface area contributed by atoms with Gasteiger partial charge in [-0.3, -0.25) is 14.7 Å². The number of rotatable bonds is 6. The van der Waals surface area contributed by atoms with E-state index >= 15 is 0 Å². The van der Waals surface area contributed by atoms with Gasteiger partial charge in [0, 0.05) is 30.6 Å². The number of nitrogens with one attached hydrogen (secondary N) is 1. The van der Waals surface area contributed by atoms with Crippen molar-refractivity contribution in [3.63, 3.8) is 0 Å². The van der Waals surface area contributed by atoms with E-state index in [-0.39, 0.29) is 11.6 Å². The molecule has 1 fully saturated rings. The molecule has 156 valence electrons. The third-order valence-electron chi connectivity index (χ3n) is 5.54. The highest BCUT2D eigenvalue weighted by molar-refractivity contribution is 5.52. The first-order chi connectivity index (χ1) is 14.7. The van der Waals surface area contributed by atoms with Crippen LogP contribution in [0.1, 0.15) is 36.6 Å². The number of hydrogen-bond donors (Lipinski definition) is 1. The van der Waals surface area contributed by atoms with Gasteiger partial charge >= 0.3 is 0 Å². The highest BCUT2D eigenvalue weighted by Crippen LogP contribution is 2.36. The molecule has 0 unspecified atom stereocenters. The molecule has 3 heterocycles. The van der Waals surface area contributed by atoms with E-state index in [9.17, 15) is 4.79 Å². The van der Waals surface area contributed by atoms with Crippen LogP contribution in [-0.2, 0) is 6.54 Å². The zero-order valence-corrected chi connectivity index (χ0v) is 17.3. The molecular weight excluding hydrogens is 380 g/mol. The molecule has 1 aliphatic heterocycles. The van der Waals surface area contributed by atoms with E-state index in [1.807, 2.05) is 30.3 Å². The molecule has 4 rings (SSSR count). The molecule has 0 aliphatic carbocycles. The van der Waals surface area contributed by atoms with Crippen LogP contribution in [0.25, 0.3) is 11.4 Å². The first-order valence-electron chi connectivity index (χ1n) is 10.1. The van der Waals surface area contributed by atoms with Gasteiger partial charge in [0.1, 0.15) is 17.3 Å². The normalized spacial score (nSPS) is 16.9. The fourth-order valence-electron chi connectivity index (χ4n) is 4.09. The van der Waals surface area contributed by atoms with Crippen LogP contribution in [0, 0.1) is 0 Å². The summed E-state index contributed by atoms with van der Waals surface area (Å²) in [4.78, 5) is 26.6. The van der Waals surface area contributed by atoms with Crippen molar-refractivity contribution in [2.24, 2.45) is 0 Å². The smallest absolute Gasteiger partial charge is 0.251 e. The number of aromatic nitrogens is 3. The van der Waals surface area contributed by atoms with Crippen molar-refractivity contribution in [2.75, 3.05) is 20.8 Å². The van der Waals surface area contributed by atoms with Crippen molar-refractivity contribution >= 4 is 0 Å². The van der Waals surface area contributed by atoms with E-state index in [1.165, 1.54) is 0 Å². The summed E-state index contributed by atoms with van der Waals surface area (Å²) < 4.78 is 11.2. The number of methoxy groups -OCH3 is 2. The predicted molar refractivity (Wildman–Crippen MR) is 115 cm³/mol. The largest absolute Gasteiger partial charge is 0.496 e. The SMILES string of the molecule is COc1cccc(OC)c1CN1CCCC[C@@H]1c1cc(=O)[nH]c(-c2cccnc2)n1. The van der Waals surface area contributed by atoms with Gasteiger partial charge in [0.2, 0.25) is 0 Å². The summed E-state index contributed by atoms with van der Waals surface area (Å²) in [6.07, 6.45) is 6.56. The fourth-order valence-corrected chi connectivity index (χ4v) is 4.09. The third-order valence-corrected chi connectivity index (χ3v) is 5.54. The molecule has 0 radical (unpaired) electrons. The second kappa shape index (κ2) is 9.09. The Morgan fingerprint density at radius 1 is 1.13 bits per heavy atom. The van der Waals surface area contributed by atoms with Crippen LogP contribution in [0.2, 0.25) is 0 Å². The van der Waals surface area contributed by atoms with Crippen molar-refractivity contribution in [3.8, 4) is 22.9 Å². The number of pyridine rings is 1. The molecule has 1 N–H and O–H groups in total. The molecule has 0 spiro atoms. The van der Waals surface area contributed by atoms with E-state index in [4.69, 9.17) is 14.5 Å². The third kappa shape index (κ3) is 4.21. The van der Waals surface area contributed by atoms with E-state index in [1.54, 1.807) is 32.7 Å². The monoisotopic (exact) mass is 406 g/mol. The lowest BCUT2D eigenvalue weighted by atomic mass is 9.97. The minimum absolute atomic E-state index is 0.0473. The van der Waals surface area contributed by atoms with Gasteiger partial charge in [-0.05, 0) is 43.7 Å². The molecule has 1 saturated heterocycles. The van der Waals surface area contributed by atoms with Crippen LogP contribution in [0.3, 0.4) is 0 Å². The number of H-pyrrole nitrogens is 1. The minimum atomic E-state index is -0.153. The number of aromatic amines is 1. The fraction of sp³-hybridized carbons (Fsp3) is 0.348. The lowest BCUT2D eigenvalue weighted by Gasteiger charge is -2.36. The summed E-state index contributed by atoms with van der Waals surface area (Å²) in [6.45, 7) is 1.58. The van der Waals surface area contributed by atoms with E-state index < -0.39 is 0 Å². The summed E-state index contributed by atoms with van der Waals surface area (Å²) in [5, 5.41) is 0. The Morgan fingerprint density at radius 3 is 2.63 bits per heavy atom. The van der Waals surface area contributed by atoms with Gasteiger partial charge in [-0.2, -0.15) is 0 Å². The Bertz CT molecular complexity index is 1030. The molecule has 30 heavy (non-hydrogen) atoms. The zero-order chi connectivity index (χ0) is 20.9. The molecule has 7 heteroatoms. The Kier molecular flexibility index (Phi) is 6.09. The lowest BCUT2D eigenvalue weighted by Crippen LogP contribution is -2.34. The molecule has 0 bridgehead atoms. The Balaban J connectivity index is 1.69. The second-order valence-corrected chi connectivity index (χ2v) is 7.38. The number of ether oxygens (including phenoxy) is 2. The molecule has 3 aromatic rings. The first-order valence-corrected chi connectivity index (χ1v) is 10.1. The summed E-state index contributed by atoms with van der Waals surface area (Å²) in [7, 11) is 3.34. The van der Waals surface area contributed by atoms with Gasteiger partial charge in [0.25, 0.3) is 5.56 Å². The minimum Gasteiger partial charge on any atom is -0.496 e. The maximum atomic E-state index is 12.4. The molecule has 1 aromatic carbocycles. The van der Waals surface area contributed by atoms with Crippen LogP contribution in [0.4, 0.5) is 0 Å². The van der Waals surface area contributed by atoms with Crippen molar-refractivity contribution in [3.05, 3.63) is 70.4 Å². The van der Waals surface area contributed by atoms with Crippen LogP contribution >= 0.6 is 0 Å².